The number of hydrogen-bond donors (Lipinski definition) is 1. The number of carboxylic acid groups (broad SMARTS) is 1. The molecule has 0 radical (unpaired) electrons. The minimum Gasteiger partial charge on any atom is -0.542 e. The molecule has 1 unspecified atom stereocenters. The monoisotopic (exact) mass is 636 g/mol. The standard InChI is InChI=1S/C29H31FN2O4S.C2HF3O2/c1-35-29(34)27-24(14-18-37-27)31-26(22-5-3-2-4-6-22)28(33)36-25-19-32(16-12-21(25)13-17-32)15-11-20-7-9-23(30)10-8-20;3-2(4,5)1(6)7/h2-10,14,18,21,25-26H,11-13,15-17,19H2,1H3;(H,6,7)/t21?,25-,26?,32?;/m0./s1. The van der Waals surface area contributed by atoms with E-state index in [1.807, 2.05) is 42.5 Å². The molecular weight excluding hydrogens is 604 g/mol. The zero-order chi connectivity index (χ0) is 31.9. The third-order valence-electron chi connectivity index (χ3n) is 8.03. The van der Waals surface area contributed by atoms with E-state index < -0.39 is 24.2 Å². The summed E-state index contributed by atoms with van der Waals surface area (Å²) in [5.41, 5.74) is 2.45. The number of piperidine rings is 3. The number of quaternary nitrogens is 1. The molecule has 0 amide bonds. The molecule has 236 valence electrons. The van der Waals surface area contributed by atoms with Crippen LogP contribution in [-0.4, -0.2) is 68.0 Å². The van der Waals surface area contributed by atoms with E-state index >= 15 is 0 Å². The number of hydrogen-bond acceptors (Lipinski definition) is 8. The molecule has 0 saturated carbocycles. The van der Waals surface area contributed by atoms with Crippen molar-refractivity contribution in [1.29, 1.82) is 0 Å². The predicted octanol–water partition coefficient (Wildman–Crippen LogP) is 4.52. The van der Waals surface area contributed by atoms with Crippen LogP contribution in [0.4, 0.5) is 23.2 Å². The molecule has 0 spiro atoms. The van der Waals surface area contributed by atoms with Crippen molar-refractivity contribution in [2.45, 2.75) is 37.6 Å². The second-order valence-electron chi connectivity index (χ2n) is 10.8. The van der Waals surface area contributed by atoms with Crippen LogP contribution < -0.4 is 10.4 Å². The molecule has 2 atom stereocenters. The second-order valence-corrected chi connectivity index (χ2v) is 11.7. The van der Waals surface area contributed by atoms with Gasteiger partial charge < -0.3 is 29.2 Å². The Labute approximate surface area is 255 Å². The van der Waals surface area contributed by atoms with Crippen molar-refractivity contribution in [1.82, 2.24) is 0 Å². The van der Waals surface area contributed by atoms with Crippen LogP contribution in [-0.2, 0) is 25.5 Å². The van der Waals surface area contributed by atoms with Crippen LogP contribution in [0.3, 0.4) is 0 Å². The average molecular weight is 637 g/mol. The van der Waals surface area contributed by atoms with Crippen molar-refractivity contribution < 1.29 is 51.0 Å². The highest BCUT2D eigenvalue weighted by Gasteiger charge is 2.48. The van der Waals surface area contributed by atoms with Crippen LogP contribution >= 0.6 is 11.3 Å². The quantitative estimate of drug-likeness (QED) is 0.209. The van der Waals surface area contributed by atoms with Gasteiger partial charge in [-0.05, 0) is 34.7 Å². The third-order valence-corrected chi connectivity index (χ3v) is 8.93. The number of benzene rings is 2. The lowest BCUT2D eigenvalue weighted by Gasteiger charge is -2.52. The molecule has 8 nitrogen and oxygen atoms in total. The molecule has 3 aromatic rings. The van der Waals surface area contributed by atoms with E-state index in [1.54, 1.807) is 11.4 Å². The zero-order valence-corrected chi connectivity index (χ0v) is 24.7. The minimum absolute atomic E-state index is 0.154. The third kappa shape index (κ3) is 8.35. The number of aliphatic carboxylic acids is 1. The molecule has 4 heterocycles. The van der Waals surface area contributed by atoms with Gasteiger partial charge in [0.05, 0.1) is 32.4 Å². The predicted molar refractivity (Wildman–Crippen MR) is 152 cm³/mol. The summed E-state index contributed by atoms with van der Waals surface area (Å²) >= 11 is 1.27. The molecule has 6 rings (SSSR count). The average Bonchev–Trinajstić information content (AvgIpc) is 3.48. The molecule has 3 aliphatic rings. The molecule has 0 aliphatic carbocycles. The number of rotatable bonds is 9. The number of halogens is 4. The van der Waals surface area contributed by atoms with Gasteiger partial charge in [-0.2, -0.15) is 13.2 Å². The Kier molecular flexibility index (Phi) is 10.6. The van der Waals surface area contributed by atoms with Crippen LogP contribution in [0, 0.1) is 11.7 Å². The van der Waals surface area contributed by atoms with Gasteiger partial charge in [0.2, 0.25) is 0 Å². The first-order chi connectivity index (χ1) is 20.9. The molecule has 2 bridgehead atoms. The van der Waals surface area contributed by atoms with E-state index in [2.05, 4.69) is 5.32 Å². The Bertz CT molecular complexity index is 1420. The maximum atomic E-state index is 13.6. The van der Waals surface area contributed by atoms with Crippen LogP contribution in [0.25, 0.3) is 0 Å². The van der Waals surface area contributed by atoms with Gasteiger partial charge >= 0.3 is 18.1 Å². The summed E-state index contributed by atoms with van der Waals surface area (Å²) in [5.74, 6) is -3.65. The minimum atomic E-state index is -5.19. The first-order valence-electron chi connectivity index (χ1n) is 14.0. The number of carbonyl (C=O) groups excluding carboxylic acids is 3. The number of esters is 2. The number of thiophene rings is 1. The Morgan fingerprint density at radius 1 is 1.05 bits per heavy atom. The molecule has 44 heavy (non-hydrogen) atoms. The van der Waals surface area contributed by atoms with Crippen LogP contribution in [0.1, 0.15) is 39.7 Å². The Morgan fingerprint density at radius 3 is 2.27 bits per heavy atom. The molecular formula is C31H32F4N2O6S. The van der Waals surface area contributed by atoms with E-state index in [-0.39, 0.29) is 17.9 Å². The number of nitrogens with one attached hydrogen (secondary N) is 1. The van der Waals surface area contributed by atoms with Crippen LogP contribution in [0.15, 0.2) is 66.0 Å². The molecule has 3 saturated heterocycles. The van der Waals surface area contributed by atoms with Gasteiger partial charge in [0.25, 0.3) is 0 Å². The highest BCUT2D eigenvalue weighted by molar-refractivity contribution is 7.12. The second kappa shape index (κ2) is 14.2. The number of carboxylic acids is 1. The van der Waals surface area contributed by atoms with Crippen molar-refractivity contribution in [3.05, 3.63) is 87.9 Å². The van der Waals surface area contributed by atoms with Crippen molar-refractivity contribution in [3.63, 3.8) is 0 Å². The first-order valence-corrected chi connectivity index (χ1v) is 14.8. The fourth-order valence-corrected chi connectivity index (χ4v) is 6.43. The summed E-state index contributed by atoms with van der Waals surface area (Å²) in [6, 6.07) is 17.2. The number of nitrogens with zero attached hydrogens (tertiary/aromatic N) is 1. The fraction of sp³-hybridized carbons (Fsp3) is 0.387. The summed E-state index contributed by atoms with van der Waals surface area (Å²) in [5, 5.41) is 13.8. The Morgan fingerprint density at radius 2 is 1.68 bits per heavy atom. The summed E-state index contributed by atoms with van der Waals surface area (Å²) in [6.45, 7) is 3.91. The van der Waals surface area contributed by atoms with Crippen molar-refractivity contribution in [2.24, 2.45) is 5.92 Å². The molecule has 2 aromatic carbocycles. The lowest BCUT2D eigenvalue weighted by atomic mass is 9.83. The van der Waals surface area contributed by atoms with Gasteiger partial charge in [-0.1, -0.05) is 42.5 Å². The highest BCUT2D eigenvalue weighted by Crippen LogP contribution is 2.37. The van der Waals surface area contributed by atoms with E-state index in [0.29, 0.717) is 16.5 Å². The lowest BCUT2D eigenvalue weighted by Crippen LogP contribution is -2.65. The number of methoxy groups -OCH3 is 1. The number of fused-ring (bicyclic) bond motifs is 3. The van der Waals surface area contributed by atoms with E-state index in [0.717, 1.165) is 61.1 Å². The SMILES string of the molecule is COC(=O)c1sccc1NC(C(=O)O[C@H]1C[N+]2(CCc3ccc(F)cc3)CCC1CC2)c1ccccc1.O=C([O-])C(F)(F)F. The Balaban J connectivity index is 0.000000566. The normalized spacial score (nSPS) is 21.4. The van der Waals surface area contributed by atoms with Crippen molar-refractivity contribution in [3.8, 4) is 0 Å². The highest BCUT2D eigenvalue weighted by atomic mass is 32.1. The summed E-state index contributed by atoms with van der Waals surface area (Å²) in [7, 11) is 1.34. The molecule has 13 heteroatoms. The number of carbonyl (C=O) groups is 3. The molecule has 3 aliphatic heterocycles. The van der Waals surface area contributed by atoms with E-state index in [9.17, 15) is 27.2 Å². The van der Waals surface area contributed by atoms with Gasteiger partial charge in [-0.15, -0.1) is 11.3 Å². The number of anilines is 1. The van der Waals surface area contributed by atoms with Crippen molar-refractivity contribution in [2.75, 3.05) is 38.6 Å². The van der Waals surface area contributed by atoms with Gasteiger partial charge in [0.15, 0.2) is 12.1 Å². The van der Waals surface area contributed by atoms with Crippen molar-refractivity contribution >= 4 is 34.9 Å². The molecule has 1 aromatic heterocycles. The topological polar surface area (TPSA) is 105 Å². The largest absolute Gasteiger partial charge is 0.542 e. The van der Waals surface area contributed by atoms with E-state index in [4.69, 9.17) is 19.4 Å². The molecule has 3 fully saturated rings. The first kappa shape index (κ1) is 32.9. The van der Waals surface area contributed by atoms with Gasteiger partial charge in [-0.3, -0.25) is 0 Å². The van der Waals surface area contributed by atoms with Gasteiger partial charge in [0.1, 0.15) is 23.2 Å². The maximum absolute atomic E-state index is 13.6. The smallest absolute Gasteiger partial charge is 0.430 e. The van der Waals surface area contributed by atoms with E-state index in [1.165, 1.54) is 30.6 Å². The summed E-state index contributed by atoms with van der Waals surface area (Å²) in [4.78, 5) is 35.1. The molecule has 1 N–H and O–H groups in total. The number of alkyl halides is 3. The Hall–Kier alpha value is -3.97. The zero-order valence-electron chi connectivity index (χ0n) is 23.8. The maximum Gasteiger partial charge on any atom is 0.430 e. The fourth-order valence-electron chi connectivity index (χ4n) is 5.66. The van der Waals surface area contributed by atoms with Crippen LogP contribution in [0.2, 0.25) is 0 Å². The lowest BCUT2D eigenvalue weighted by molar-refractivity contribution is -0.946. The summed E-state index contributed by atoms with van der Waals surface area (Å²) < 4.78 is 56.9. The van der Waals surface area contributed by atoms with Crippen LogP contribution in [0.5, 0.6) is 0 Å². The number of ether oxygens (including phenoxy) is 2. The summed E-state index contributed by atoms with van der Waals surface area (Å²) in [6.07, 6.45) is -2.42. The van der Waals surface area contributed by atoms with Gasteiger partial charge in [0, 0.05) is 25.2 Å². The van der Waals surface area contributed by atoms with Gasteiger partial charge in [-0.25, -0.2) is 14.0 Å².